The second-order valence-corrected chi connectivity index (χ2v) is 1.24. The van der Waals surface area contributed by atoms with Crippen LogP contribution in [0.4, 0.5) is 0 Å². The molecule has 0 fully saturated rings. The van der Waals surface area contributed by atoms with E-state index in [2.05, 4.69) is 11.7 Å². The van der Waals surface area contributed by atoms with Crippen molar-refractivity contribution in [1.82, 2.24) is 0 Å². The first-order chi connectivity index (χ1) is 4.39. The smallest absolute Gasteiger partial charge is 0.180 e. The van der Waals surface area contributed by atoms with Crippen LogP contribution in [-0.2, 0) is 0 Å². The maximum absolute atomic E-state index is 10.2. The predicted octanol–water partition coefficient (Wildman–Crippen LogP) is -0.861. The summed E-state index contributed by atoms with van der Waals surface area (Å²) < 4.78 is 0.750. The van der Waals surface area contributed by atoms with Crippen molar-refractivity contribution < 1.29 is 4.73 Å². The summed E-state index contributed by atoms with van der Waals surface area (Å²) in [4.78, 5) is 0. The van der Waals surface area contributed by atoms with Gasteiger partial charge >= 0.3 is 0 Å². The number of rotatable bonds is 0. The molecule has 0 amide bonds. The first-order valence-corrected chi connectivity index (χ1v) is 2.37. The maximum Gasteiger partial charge on any atom is 0.180 e. The molecule has 0 aliphatic carbocycles. The van der Waals surface area contributed by atoms with E-state index in [-0.39, 0.29) is 0 Å². The highest BCUT2D eigenvalue weighted by atomic mass is 16.5. The van der Waals surface area contributed by atoms with Crippen molar-refractivity contribution in [3.8, 4) is 0 Å². The van der Waals surface area contributed by atoms with Gasteiger partial charge in [-0.2, -0.15) is 4.73 Å². The number of hydrogen-bond acceptors (Lipinski definition) is 3. The number of nitrogens with zero attached hydrogens (tertiary/aromatic N) is 1. The number of hydrogen-bond donors (Lipinski definition) is 2. The van der Waals surface area contributed by atoms with Gasteiger partial charge < -0.3 is 5.21 Å². The molecule has 0 spiro atoms. The predicted molar refractivity (Wildman–Crippen MR) is 33.8 cm³/mol. The van der Waals surface area contributed by atoms with E-state index < -0.39 is 0 Å². The van der Waals surface area contributed by atoms with Gasteiger partial charge in [0.15, 0.2) is 12.4 Å². The summed E-state index contributed by atoms with van der Waals surface area (Å²) in [6, 6.07) is 5.18. The van der Waals surface area contributed by atoms with Crippen LogP contribution in [0.1, 0.15) is 0 Å². The standard InChI is InChI=1S/C5H5NO.H4N2/c7-6-4-2-1-3-5-6;1-2/h1-5H;1-2H2. The molecule has 1 heterocycles. The Morgan fingerprint density at radius 1 is 1.00 bits per heavy atom. The first kappa shape index (κ1) is 7.87. The van der Waals surface area contributed by atoms with Crippen LogP contribution in [0.5, 0.6) is 0 Å². The Hall–Kier alpha value is -1.13. The fourth-order valence-corrected chi connectivity index (χ4v) is 0.383. The first-order valence-electron chi connectivity index (χ1n) is 2.37. The second kappa shape index (κ2) is 5.02. The molecule has 1 aromatic heterocycles. The third kappa shape index (κ3) is 3.45. The molecule has 50 valence electrons. The van der Waals surface area contributed by atoms with Crippen LogP contribution in [0.25, 0.3) is 0 Å². The van der Waals surface area contributed by atoms with Gasteiger partial charge in [-0.05, 0) is 0 Å². The van der Waals surface area contributed by atoms with Crippen LogP contribution in [0.3, 0.4) is 0 Å². The number of nitrogens with two attached hydrogens (primary N) is 2. The van der Waals surface area contributed by atoms with Crippen LogP contribution >= 0.6 is 0 Å². The highest BCUT2D eigenvalue weighted by Gasteiger charge is 1.74. The van der Waals surface area contributed by atoms with Crippen molar-refractivity contribution in [3.63, 3.8) is 0 Å². The summed E-state index contributed by atoms with van der Waals surface area (Å²) in [5.41, 5.74) is 0. The summed E-state index contributed by atoms with van der Waals surface area (Å²) >= 11 is 0. The molecule has 0 unspecified atom stereocenters. The van der Waals surface area contributed by atoms with Crippen LogP contribution in [0.15, 0.2) is 30.6 Å². The quantitative estimate of drug-likeness (QED) is 0.206. The van der Waals surface area contributed by atoms with E-state index in [0.29, 0.717) is 0 Å². The summed E-state index contributed by atoms with van der Waals surface area (Å²) in [6.45, 7) is 0. The molecule has 1 aromatic rings. The van der Waals surface area contributed by atoms with Gasteiger partial charge in [0.2, 0.25) is 0 Å². The van der Waals surface area contributed by atoms with Gasteiger partial charge in [0.05, 0.1) is 0 Å². The number of aromatic nitrogens is 1. The van der Waals surface area contributed by atoms with Crippen LogP contribution < -0.4 is 16.4 Å². The van der Waals surface area contributed by atoms with E-state index in [0.717, 1.165) is 4.73 Å². The van der Waals surface area contributed by atoms with Crippen molar-refractivity contribution in [3.05, 3.63) is 35.8 Å². The molecule has 0 aliphatic rings. The van der Waals surface area contributed by atoms with Gasteiger partial charge in [0, 0.05) is 12.1 Å². The molecule has 0 aromatic carbocycles. The lowest BCUT2D eigenvalue weighted by atomic mass is 10.5. The Kier molecular flexibility index (Phi) is 4.39. The van der Waals surface area contributed by atoms with Crippen LogP contribution in [0.2, 0.25) is 0 Å². The summed E-state index contributed by atoms with van der Waals surface area (Å²) in [5, 5.41) is 10.2. The van der Waals surface area contributed by atoms with Crippen LogP contribution in [0, 0.1) is 5.21 Å². The van der Waals surface area contributed by atoms with Crippen molar-refractivity contribution in [2.75, 3.05) is 0 Å². The van der Waals surface area contributed by atoms with E-state index in [1.165, 1.54) is 12.4 Å². The Bertz CT molecular complexity index is 142. The van der Waals surface area contributed by atoms with Gasteiger partial charge in [0.1, 0.15) is 0 Å². The molecule has 1 rings (SSSR count). The molecule has 0 aliphatic heterocycles. The normalized spacial score (nSPS) is 7.33. The van der Waals surface area contributed by atoms with Gasteiger partial charge in [0.25, 0.3) is 0 Å². The van der Waals surface area contributed by atoms with E-state index in [1.54, 1.807) is 18.2 Å². The molecule has 9 heavy (non-hydrogen) atoms. The van der Waals surface area contributed by atoms with Crippen molar-refractivity contribution in [1.29, 1.82) is 0 Å². The minimum Gasteiger partial charge on any atom is -0.619 e. The molecule has 0 bridgehead atoms. The Morgan fingerprint density at radius 2 is 1.44 bits per heavy atom. The third-order valence-corrected chi connectivity index (χ3v) is 0.688. The summed E-state index contributed by atoms with van der Waals surface area (Å²) in [7, 11) is 0. The molecular formula is C5H9N3O. The van der Waals surface area contributed by atoms with E-state index >= 15 is 0 Å². The van der Waals surface area contributed by atoms with Crippen molar-refractivity contribution >= 4 is 0 Å². The Morgan fingerprint density at radius 3 is 1.67 bits per heavy atom. The van der Waals surface area contributed by atoms with Gasteiger partial charge in [-0.15, -0.1) is 0 Å². The fourth-order valence-electron chi connectivity index (χ4n) is 0.383. The Balaban J connectivity index is 0.000000291. The zero-order valence-corrected chi connectivity index (χ0v) is 4.90. The monoisotopic (exact) mass is 127 g/mol. The van der Waals surface area contributed by atoms with Gasteiger partial charge in [-0.1, -0.05) is 6.07 Å². The van der Waals surface area contributed by atoms with Gasteiger partial charge in [-0.3, -0.25) is 11.7 Å². The van der Waals surface area contributed by atoms with E-state index in [4.69, 9.17) is 0 Å². The lowest BCUT2D eigenvalue weighted by molar-refractivity contribution is -0.605. The second-order valence-electron chi connectivity index (χ2n) is 1.24. The average Bonchev–Trinajstić information content (AvgIpc) is 1.94. The highest BCUT2D eigenvalue weighted by Crippen LogP contribution is 1.72. The molecule has 4 nitrogen and oxygen atoms in total. The lowest BCUT2D eigenvalue weighted by Gasteiger charge is -1.88. The molecule has 0 saturated carbocycles. The highest BCUT2D eigenvalue weighted by molar-refractivity contribution is 4.83. The van der Waals surface area contributed by atoms with Gasteiger partial charge in [-0.25, -0.2) is 0 Å². The largest absolute Gasteiger partial charge is 0.619 e. The van der Waals surface area contributed by atoms with Crippen LogP contribution in [-0.4, -0.2) is 0 Å². The SMILES string of the molecule is NN.[O-][n+]1ccccc1. The molecular weight excluding hydrogens is 118 g/mol. The summed E-state index contributed by atoms with van der Waals surface area (Å²) in [6.07, 6.45) is 2.89. The zero-order chi connectivity index (χ0) is 7.11. The van der Waals surface area contributed by atoms with Crippen molar-refractivity contribution in [2.24, 2.45) is 11.7 Å². The third-order valence-electron chi connectivity index (χ3n) is 0.688. The zero-order valence-electron chi connectivity index (χ0n) is 4.90. The minimum absolute atomic E-state index is 0.750. The number of pyridine rings is 1. The molecule has 0 radical (unpaired) electrons. The molecule has 4 heteroatoms. The fraction of sp³-hybridized carbons (Fsp3) is 0. The molecule has 0 saturated heterocycles. The molecule has 4 N–H and O–H groups in total. The lowest BCUT2D eigenvalue weighted by Crippen LogP contribution is -2.22. The van der Waals surface area contributed by atoms with Crippen molar-refractivity contribution in [2.45, 2.75) is 0 Å². The average molecular weight is 127 g/mol. The summed E-state index contributed by atoms with van der Waals surface area (Å²) in [5.74, 6) is 8.00. The maximum atomic E-state index is 10.2. The topological polar surface area (TPSA) is 79.0 Å². The number of hydrazine groups is 1. The van der Waals surface area contributed by atoms with E-state index in [9.17, 15) is 5.21 Å². The van der Waals surface area contributed by atoms with E-state index in [1.807, 2.05) is 0 Å². The Labute approximate surface area is 53.3 Å². The minimum atomic E-state index is 0.750. The molecule has 0 atom stereocenters.